The summed E-state index contributed by atoms with van der Waals surface area (Å²) in [5.41, 5.74) is 0.673. The van der Waals surface area contributed by atoms with Crippen LogP contribution in [0.5, 0.6) is 5.75 Å². The van der Waals surface area contributed by atoms with Crippen LogP contribution in [0, 0.1) is 29.5 Å². The summed E-state index contributed by atoms with van der Waals surface area (Å²) >= 11 is 0. The molecule has 4 atom stereocenters. The highest BCUT2D eigenvalue weighted by Crippen LogP contribution is 2.65. The average Bonchev–Trinajstić information content (AvgIpc) is 2.76. The molecule has 0 amide bonds. The van der Waals surface area contributed by atoms with Crippen molar-refractivity contribution in [1.82, 2.24) is 5.32 Å². The lowest BCUT2D eigenvalue weighted by Gasteiger charge is -2.11. The molecule has 0 saturated heterocycles. The number of halogens is 1. The third kappa shape index (κ3) is 1.50. The number of benzene rings is 1. The summed E-state index contributed by atoms with van der Waals surface area (Å²) < 4.78 is 13.1. The first-order valence-electron chi connectivity index (χ1n) is 6.95. The van der Waals surface area contributed by atoms with Crippen LogP contribution in [-0.2, 0) is 6.54 Å². The van der Waals surface area contributed by atoms with Gasteiger partial charge in [-0.1, -0.05) is 0 Å². The standard InChI is InChI=1S/C15H18FNO/c16-11-3-4-12(18)10(6-11)7-17-15-13-8-1-2-9(5-8)14(13)15/h3-4,6,8-9,13-15,17-18H,1-2,5,7H2. The summed E-state index contributed by atoms with van der Waals surface area (Å²) in [6, 6.07) is 4.78. The van der Waals surface area contributed by atoms with Crippen LogP contribution in [0.15, 0.2) is 18.2 Å². The van der Waals surface area contributed by atoms with Crippen LogP contribution in [-0.4, -0.2) is 11.1 Å². The minimum absolute atomic E-state index is 0.192. The van der Waals surface area contributed by atoms with Gasteiger partial charge in [0.2, 0.25) is 0 Å². The van der Waals surface area contributed by atoms with E-state index >= 15 is 0 Å². The van der Waals surface area contributed by atoms with E-state index < -0.39 is 0 Å². The second-order valence-electron chi connectivity index (χ2n) is 6.17. The van der Waals surface area contributed by atoms with Gasteiger partial charge in [0.25, 0.3) is 0 Å². The van der Waals surface area contributed by atoms with Gasteiger partial charge < -0.3 is 10.4 Å². The van der Waals surface area contributed by atoms with Crippen LogP contribution in [0.25, 0.3) is 0 Å². The molecule has 1 aromatic carbocycles. The Morgan fingerprint density at radius 3 is 2.67 bits per heavy atom. The fraction of sp³-hybridized carbons (Fsp3) is 0.600. The zero-order valence-electron chi connectivity index (χ0n) is 10.3. The van der Waals surface area contributed by atoms with E-state index in [1.54, 1.807) is 0 Å². The molecule has 2 bridgehead atoms. The van der Waals surface area contributed by atoms with Gasteiger partial charge in [-0.15, -0.1) is 0 Å². The van der Waals surface area contributed by atoms with Gasteiger partial charge in [0.05, 0.1) is 0 Å². The van der Waals surface area contributed by atoms with Crippen LogP contribution >= 0.6 is 0 Å². The van der Waals surface area contributed by atoms with Crippen molar-refractivity contribution < 1.29 is 9.50 Å². The van der Waals surface area contributed by atoms with Crippen molar-refractivity contribution >= 4 is 0 Å². The predicted octanol–water partition coefficient (Wildman–Crippen LogP) is 2.67. The van der Waals surface area contributed by atoms with Gasteiger partial charge in [0.1, 0.15) is 11.6 Å². The zero-order valence-corrected chi connectivity index (χ0v) is 10.3. The smallest absolute Gasteiger partial charge is 0.123 e. The number of hydrogen-bond donors (Lipinski definition) is 2. The fourth-order valence-corrected chi connectivity index (χ4v) is 4.52. The highest BCUT2D eigenvalue weighted by molar-refractivity contribution is 5.32. The maximum Gasteiger partial charge on any atom is 0.123 e. The number of phenolic OH excluding ortho intramolecular Hbond substituents is 1. The van der Waals surface area contributed by atoms with Gasteiger partial charge in [-0.3, -0.25) is 0 Å². The largest absolute Gasteiger partial charge is 0.508 e. The van der Waals surface area contributed by atoms with E-state index in [9.17, 15) is 9.50 Å². The van der Waals surface area contributed by atoms with Crippen molar-refractivity contribution in [2.24, 2.45) is 23.7 Å². The zero-order chi connectivity index (χ0) is 12.3. The molecule has 0 aliphatic heterocycles. The molecule has 2 nitrogen and oxygen atoms in total. The van der Waals surface area contributed by atoms with Crippen molar-refractivity contribution in [3.8, 4) is 5.75 Å². The van der Waals surface area contributed by atoms with E-state index in [2.05, 4.69) is 5.32 Å². The van der Waals surface area contributed by atoms with E-state index in [0.717, 1.165) is 23.7 Å². The maximum absolute atomic E-state index is 13.1. The van der Waals surface area contributed by atoms with Crippen molar-refractivity contribution in [3.05, 3.63) is 29.6 Å². The Kier molecular flexibility index (Phi) is 2.22. The molecule has 0 aromatic heterocycles. The van der Waals surface area contributed by atoms with Gasteiger partial charge in [0.15, 0.2) is 0 Å². The van der Waals surface area contributed by atoms with Crippen molar-refractivity contribution in [2.75, 3.05) is 0 Å². The molecular weight excluding hydrogens is 229 g/mol. The molecule has 3 saturated carbocycles. The van der Waals surface area contributed by atoms with Gasteiger partial charge in [-0.05, 0) is 61.1 Å². The molecule has 3 aliphatic rings. The molecule has 0 spiro atoms. The Bertz CT molecular complexity index is 473. The van der Waals surface area contributed by atoms with E-state index in [4.69, 9.17) is 0 Å². The average molecular weight is 247 g/mol. The van der Waals surface area contributed by atoms with E-state index in [1.165, 1.54) is 37.5 Å². The predicted molar refractivity (Wildman–Crippen MR) is 66.5 cm³/mol. The highest BCUT2D eigenvalue weighted by atomic mass is 19.1. The fourth-order valence-electron chi connectivity index (χ4n) is 4.52. The number of fused-ring (bicyclic) bond motifs is 5. The molecule has 0 heterocycles. The maximum atomic E-state index is 13.1. The lowest BCUT2D eigenvalue weighted by molar-refractivity contribution is 0.443. The van der Waals surface area contributed by atoms with Crippen molar-refractivity contribution in [3.63, 3.8) is 0 Å². The number of rotatable bonds is 3. The van der Waals surface area contributed by atoms with Gasteiger partial charge in [-0.25, -0.2) is 4.39 Å². The summed E-state index contributed by atoms with van der Waals surface area (Å²) in [6.45, 7) is 0.584. The molecule has 4 rings (SSSR count). The number of aromatic hydroxyl groups is 1. The molecule has 4 unspecified atom stereocenters. The van der Waals surface area contributed by atoms with Crippen LogP contribution < -0.4 is 5.32 Å². The normalized spacial score (nSPS) is 39.9. The van der Waals surface area contributed by atoms with Crippen LogP contribution in [0.1, 0.15) is 24.8 Å². The second-order valence-corrected chi connectivity index (χ2v) is 6.17. The molecule has 1 aromatic rings. The van der Waals surface area contributed by atoms with Crippen molar-refractivity contribution in [1.29, 1.82) is 0 Å². The first-order valence-corrected chi connectivity index (χ1v) is 6.95. The molecule has 3 aliphatic carbocycles. The molecule has 2 N–H and O–H groups in total. The Morgan fingerprint density at radius 1 is 1.22 bits per heavy atom. The first kappa shape index (κ1) is 10.8. The third-order valence-electron chi connectivity index (χ3n) is 5.31. The van der Waals surface area contributed by atoms with Crippen LogP contribution in [0.3, 0.4) is 0 Å². The van der Waals surface area contributed by atoms with Gasteiger partial charge in [-0.2, -0.15) is 0 Å². The molecule has 18 heavy (non-hydrogen) atoms. The summed E-state index contributed by atoms with van der Waals surface area (Å²) in [4.78, 5) is 0. The van der Waals surface area contributed by atoms with Gasteiger partial charge >= 0.3 is 0 Å². The highest BCUT2D eigenvalue weighted by Gasteiger charge is 2.64. The monoisotopic (exact) mass is 247 g/mol. The topological polar surface area (TPSA) is 32.3 Å². The van der Waals surface area contributed by atoms with Crippen LogP contribution in [0.4, 0.5) is 4.39 Å². The minimum atomic E-state index is -0.277. The van der Waals surface area contributed by atoms with Crippen LogP contribution in [0.2, 0.25) is 0 Å². The summed E-state index contributed by atoms with van der Waals surface area (Å²) in [5.74, 6) is 3.55. The molecule has 3 fully saturated rings. The molecule has 3 heteroatoms. The molecule has 0 radical (unpaired) electrons. The number of hydrogen-bond acceptors (Lipinski definition) is 2. The van der Waals surface area contributed by atoms with E-state index in [0.29, 0.717) is 18.2 Å². The lowest BCUT2D eigenvalue weighted by atomic mass is 10.0. The molecule has 96 valence electrons. The quantitative estimate of drug-likeness (QED) is 0.860. The van der Waals surface area contributed by atoms with E-state index in [1.807, 2.05) is 0 Å². The van der Waals surface area contributed by atoms with Gasteiger partial charge in [0, 0.05) is 18.2 Å². The van der Waals surface area contributed by atoms with E-state index in [-0.39, 0.29) is 11.6 Å². The Hall–Kier alpha value is -1.09. The Labute approximate surface area is 106 Å². The molecular formula is C15H18FNO. The first-order chi connectivity index (χ1) is 8.74. The summed E-state index contributed by atoms with van der Waals surface area (Å²) in [6.07, 6.45) is 4.27. The summed E-state index contributed by atoms with van der Waals surface area (Å²) in [7, 11) is 0. The number of nitrogens with one attached hydrogen (secondary N) is 1. The minimum Gasteiger partial charge on any atom is -0.508 e. The SMILES string of the molecule is Oc1ccc(F)cc1CNC1C2C3CCC(C3)C12. The third-order valence-corrected chi connectivity index (χ3v) is 5.31. The number of phenols is 1. The van der Waals surface area contributed by atoms with Crippen molar-refractivity contribution in [2.45, 2.75) is 31.8 Å². The summed E-state index contributed by atoms with van der Waals surface area (Å²) in [5, 5.41) is 13.2. The second kappa shape index (κ2) is 3.70. The Balaban J connectivity index is 1.41. The Morgan fingerprint density at radius 2 is 1.94 bits per heavy atom. The lowest BCUT2D eigenvalue weighted by Crippen LogP contribution is -2.22.